The molecular formula is C24H35F3N2O5. The van der Waals surface area contributed by atoms with Gasteiger partial charge in [0.2, 0.25) is 5.91 Å². The van der Waals surface area contributed by atoms with E-state index in [9.17, 15) is 23.1 Å². The lowest BCUT2D eigenvalue weighted by molar-refractivity contribution is -0.174. The number of unbranched alkanes of at least 4 members (excludes halogenated alkanes) is 3. The van der Waals surface area contributed by atoms with Crippen LogP contribution in [-0.4, -0.2) is 74.2 Å². The number of fused-ring (bicyclic) bond motifs is 1. The Morgan fingerprint density at radius 1 is 1.09 bits per heavy atom. The van der Waals surface area contributed by atoms with Crippen molar-refractivity contribution in [2.45, 2.75) is 63.3 Å². The molecule has 2 N–H and O–H groups in total. The minimum Gasteiger partial charge on any atom is -0.486 e. The van der Waals surface area contributed by atoms with Crippen LogP contribution < -0.4 is 14.8 Å². The van der Waals surface area contributed by atoms with Crippen LogP contribution in [0.3, 0.4) is 0 Å². The number of carbonyl (C=O) groups excluding carboxylic acids is 1. The van der Waals surface area contributed by atoms with Crippen LogP contribution in [-0.2, 0) is 9.53 Å². The number of rotatable bonds is 13. The molecule has 0 spiro atoms. The summed E-state index contributed by atoms with van der Waals surface area (Å²) >= 11 is 0. The highest BCUT2D eigenvalue weighted by Gasteiger charge is 2.28. The maximum Gasteiger partial charge on any atom is 0.411 e. The number of likely N-dealkylation sites (tertiary alicyclic amines) is 1. The summed E-state index contributed by atoms with van der Waals surface area (Å²) in [5.74, 6) is 1.09. The van der Waals surface area contributed by atoms with E-state index in [2.05, 4.69) is 15.0 Å². The second kappa shape index (κ2) is 13.2. The molecule has 3 rings (SSSR count). The number of aliphatic hydroxyl groups excluding tert-OH is 1. The lowest BCUT2D eigenvalue weighted by Crippen LogP contribution is -2.46. The van der Waals surface area contributed by atoms with Gasteiger partial charge < -0.3 is 29.5 Å². The van der Waals surface area contributed by atoms with Crippen LogP contribution in [0.2, 0.25) is 0 Å². The number of amides is 1. The molecule has 0 bridgehead atoms. The Balaban J connectivity index is 1.45. The highest BCUT2D eigenvalue weighted by atomic mass is 19.4. The van der Waals surface area contributed by atoms with Crippen molar-refractivity contribution in [2.24, 2.45) is 0 Å². The van der Waals surface area contributed by atoms with Gasteiger partial charge in [-0.15, -0.1) is 0 Å². The number of nitrogens with zero attached hydrogens (tertiary/aromatic N) is 1. The summed E-state index contributed by atoms with van der Waals surface area (Å²) in [4.78, 5) is 14.8. The molecule has 2 aliphatic rings. The summed E-state index contributed by atoms with van der Waals surface area (Å²) < 4.78 is 51.9. The first-order chi connectivity index (χ1) is 16.3. The van der Waals surface area contributed by atoms with E-state index >= 15 is 0 Å². The molecule has 2 aliphatic heterocycles. The summed E-state index contributed by atoms with van der Waals surface area (Å²) in [7, 11) is 0. The van der Waals surface area contributed by atoms with E-state index in [-0.39, 0.29) is 12.5 Å². The fourth-order valence-corrected chi connectivity index (χ4v) is 4.25. The highest BCUT2D eigenvalue weighted by molar-refractivity contribution is 5.76. The van der Waals surface area contributed by atoms with Gasteiger partial charge in [-0.05, 0) is 56.5 Å². The van der Waals surface area contributed by atoms with Crippen molar-refractivity contribution in [1.29, 1.82) is 0 Å². The van der Waals surface area contributed by atoms with E-state index in [1.807, 2.05) is 0 Å². The Kier molecular flexibility index (Phi) is 10.3. The van der Waals surface area contributed by atoms with E-state index < -0.39 is 24.9 Å². The zero-order chi connectivity index (χ0) is 24.4. The monoisotopic (exact) mass is 488 g/mol. The molecule has 0 radical (unpaired) electrons. The molecule has 7 nitrogen and oxygen atoms in total. The summed E-state index contributed by atoms with van der Waals surface area (Å²) in [6.07, 6.45) is -0.110. The summed E-state index contributed by atoms with van der Waals surface area (Å²) in [5.41, 5.74) is 0.660. The van der Waals surface area contributed by atoms with Crippen molar-refractivity contribution in [3.63, 3.8) is 0 Å². The van der Waals surface area contributed by atoms with Crippen molar-refractivity contribution in [2.75, 3.05) is 46.1 Å². The first-order valence-corrected chi connectivity index (χ1v) is 12.1. The number of ether oxygens (including phenoxy) is 3. The molecule has 0 aromatic heterocycles. The Morgan fingerprint density at radius 3 is 2.53 bits per heavy atom. The smallest absolute Gasteiger partial charge is 0.411 e. The summed E-state index contributed by atoms with van der Waals surface area (Å²) in [6, 6.07) is 4.87. The Labute approximate surface area is 198 Å². The largest absolute Gasteiger partial charge is 0.486 e. The van der Waals surface area contributed by atoms with Crippen LogP contribution in [0.1, 0.15) is 56.6 Å². The fourth-order valence-electron chi connectivity index (χ4n) is 4.25. The van der Waals surface area contributed by atoms with Gasteiger partial charge in [-0.3, -0.25) is 4.79 Å². The minimum absolute atomic E-state index is 0.0609. The third-order valence-corrected chi connectivity index (χ3v) is 6.00. The van der Waals surface area contributed by atoms with Crippen LogP contribution >= 0.6 is 0 Å². The normalized spacial score (nSPS) is 18.0. The molecule has 2 atom stereocenters. The third-order valence-electron chi connectivity index (χ3n) is 6.00. The van der Waals surface area contributed by atoms with Gasteiger partial charge in [-0.2, -0.15) is 13.2 Å². The molecule has 34 heavy (non-hydrogen) atoms. The van der Waals surface area contributed by atoms with Gasteiger partial charge in [0.15, 0.2) is 11.5 Å². The van der Waals surface area contributed by atoms with E-state index in [1.165, 1.54) is 0 Å². The second-order valence-electron chi connectivity index (χ2n) is 8.86. The van der Waals surface area contributed by atoms with Gasteiger partial charge in [0.1, 0.15) is 25.9 Å². The number of nitrogens with one attached hydrogen (secondary N) is 1. The number of alkyl halides is 3. The maximum absolute atomic E-state index is 12.6. The zero-order valence-electron chi connectivity index (χ0n) is 19.4. The standard InChI is InChI=1S/C24H35F3N2O5/c25-24(26,27)17-32-12-6-2-1-3-7-22(30)28-19(16-29-10-4-5-11-29)23(31)18-8-9-20-21(15-18)34-14-13-33-20/h8-9,15,19,23,31H,1-7,10-14,16-17H2,(H,28,30)/t19-,23+/m1/s1. The minimum atomic E-state index is -4.30. The van der Waals surface area contributed by atoms with Crippen molar-refractivity contribution in [3.8, 4) is 11.5 Å². The van der Waals surface area contributed by atoms with Crippen LogP contribution in [0.15, 0.2) is 18.2 Å². The average molecular weight is 489 g/mol. The van der Waals surface area contributed by atoms with Crippen molar-refractivity contribution in [1.82, 2.24) is 10.2 Å². The van der Waals surface area contributed by atoms with Crippen LogP contribution in [0.5, 0.6) is 11.5 Å². The van der Waals surface area contributed by atoms with Gasteiger partial charge in [-0.25, -0.2) is 0 Å². The molecule has 0 saturated carbocycles. The molecule has 192 valence electrons. The van der Waals surface area contributed by atoms with Gasteiger partial charge in [0, 0.05) is 19.6 Å². The molecule has 1 aromatic rings. The lowest BCUT2D eigenvalue weighted by Gasteiger charge is -2.29. The molecule has 0 aliphatic carbocycles. The van der Waals surface area contributed by atoms with E-state index in [0.29, 0.717) is 62.5 Å². The SMILES string of the molecule is O=C(CCCCCCOCC(F)(F)F)N[C@H](CN1CCCC1)[C@@H](O)c1ccc2c(c1)OCCO2. The van der Waals surface area contributed by atoms with Crippen LogP contribution in [0.25, 0.3) is 0 Å². The molecule has 1 fully saturated rings. The van der Waals surface area contributed by atoms with Crippen molar-refractivity contribution < 1.29 is 37.3 Å². The van der Waals surface area contributed by atoms with E-state index in [0.717, 1.165) is 32.4 Å². The summed E-state index contributed by atoms with van der Waals surface area (Å²) in [5, 5.41) is 14.1. The Hall–Kier alpha value is -2.04. The number of aliphatic hydroxyl groups is 1. The van der Waals surface area contributed by atoms with Gasteiger partial charge in [0.05, 0.1) is 6.04 Å². The molecule has 1 amide bonds. The molecule has 10 heteroatoms. The molecule has 2 heterocycles. The lowest BCUT2D eigenvalue weighted by atomic mass is 10.0. The number of carbonyl (C=O) groups is 1. The maximum atomic E-state index is 12.6. The van der Waals surface area contributed by atoms with Crippen molar-refractivity contribution in [3.05, 3.63) is 23.8 Å². The summed E-state index contributed by atoms with van der Waals surface area (Å²) in [6.45, 7) is 2.22. The van der Waals surface area contributed by atoms with Crippen LogP contribution in [0, 0.1) is 0 Å². The predicted molar refractivity (Wildman–Crippen MR) is 120 cm³/mol. The van der Waals surface area contributed by atoms with Gasteiger partial charge in [0.25, 0.3) is 0 Å². The number of benzene rings is 1. The van der Waals surface area contributed by atoms with Gasteiger partial charge >= 0.3 is 6.18 Å². The van der Waals surface area contributed by atoms with Gasteiger partial charge in [-0.1, -0.05) is 18.9 Å². The fraction of sp³-hybridized carbons (Fsp3) is 0.708. The average Bonchev–Trinajstić information content (AvgIpc) is 3.32. The molecule has 0 unspecified atom stereocenters. The Bertz CT molecular complexity index is 771. The van der Waals surface area contributed by atoms with E-state index in [1.54, 1.807) is 18.2 Å². The van der Waals surface area contributed by atoms with Crippen LogP contribution in [0.4, 0.5) is 13.2 Å². The topological polar surface area (TPSA) is 80.3 Å². The first-order valence-electron chi connectivity index (χ1n) is 12.1. The molecular weight excluding hydrogens is 453 g/mol. The first kappa shape index (κ1) is 26.6. The molecule has 1 aromatic carbocycles. The quantitative estimate of drug-likeness (QED) is 0.413. The van der Waals surface area contributed by atoms with Crippen molar-refractivity contribution >= 4 is 5.91 Å². The predicted octanol–water partition coefficient (Wildman–Crippen LogP) is 3.60. The molecule has 1 saturated heterocycles. The van der Waals surface area contributed by atoms with E-state index in [4.69, 9.17) is 9.47 Å². The Morgan fingerprint density at radius 2 is 1.79 bits per heavy atom. The number of hydrogen-bond acceptors (Lipinski definition) is 6. The second-order valence-corrected chi connectivity index (χ2v) is 8.86. The zero-order valence-corrected chi connectivity index (χ0v) is 19.4. The third kappa shape index (κ3) is 8.96. The number of halogens is 3. The highest BCUT2D eigenvalue weighted by Crippen LogP contribution is 2.33. The number of hydrogen-bond donors (Lipinski definition) is 2.